The van der Waals surface area contributed by atoms with E-state index < -0.39 is 9.84 Å². The highest BCUT2D eigenvalue weighted by atomic mass is 35.5. The van der Waals surface area contributed by atoms with E-state index in [9.17, 15) is 12.8 Å². The summed E-state index contributed by atoms with van der Waals surface area (Å²) in [4.78, 5) is 2.30. The summed E-state index contributed by atoms with van der Waals surface area (Å²) in [6.07, 6.45) is 1.66. The predicted molar refractivity (Wildman–Crippen MR) is 113 cm³/mol. The van der Waals surface area contributed by atoms with Crippen molar-refractivity contribution in [3.05, 3.63) is 71.1 Å². The summed E-state index contributed by atoms with van der Waals surface area (Å²) >= 11 is 5.81. The van der Waals surface area contributed by atoms with Gasteiger partial charge in [0.2, 0.25) is 0 Å². The van der Waals surface area contributed by atoms with Crippen LogP contribution < -0.4 is 0 Å². The van der Waals surface area contributed by atoms with Crippen molar-refractivity contribution in [3.63, 3.8) is 0 Å². The molecule has 29 heavy (non-hydrogen) atoms. The zero-order chi connectivity index (χ0) is 20.9. The average molecular weight is 436 g/mol. The van der Waals surface area contributed by atoms with Crippen molar-refractivity contribution < 1.29 is 12.8 Å². The molecule has 2 aromatic carbocycles. The summed E-state index contributed by atoms with van der Waals surface area (Å²) < 4.78 is 37.8. The first-order valence-electron chi connectivity index (χ1n) is 9.30. The smallest absolute Gasteiger partial charge is 0.179 e. The standard InChI is InChI=1S/C21H23ClFN3O2S/c1-26(13-14-29(27,28)20-10-6-17(22)7-11-20)12-2-3-19-15-21(25-24-19)16-4-8-18(23)9-5-16/h4-11,15H,2-3,12-14H2,1H3,(H,24,25). The summed E-state index contributed by atoms with van der Waals surface area (Å²) in [5.41, 5.74) is 2.63. The molecule has 1 heterocycles. The van der Waals surface area contributed by atoms with E-state index in [0.717, 1.165) is 36.3 Å². The molecule has 0 bridgehead atoms. The van der Waals surface area contributed by atoms with Gasteiger partial charge in [0.15, 0.2) is 9.84 Å². The first kappa shape index (κ1) is 21.5. The lowest BCUT2D eigenvalue weighted by Gasteiger charge is -2.16. The molecule has 0 unspecified atom stereocenters. The Morgan fingerprint density at radius 2 is 1.76 bits per heavy atom. The quantitative estimate of drug-likeness (QED) is 0.546. The van der Waals surface area contributed by atoms with Crippen molar-refractivity contribution >= 4 is 21.4 Å². The molecule has 0 spiro atoms. The van der Waals surface area contributed by atoms with Crippen molar-refractivity contribution in [2.45, 2.75) is 17.7 Å². The minimum Gasteiger partial charge on any atom is -0.305 e. The van der Waals surface area contributed by atoms with Gasteiger partial charge in [-0.05, 0) is 81.0 Å². The molecule has 154 valence electrons. The Morgan fingerprint density at radius 1 is 1.07 bits per heavy atom. The van der Waals surface area contributed by atoms with E-state index in [1.165, 1.54) is 24.3 Å². The second kappa shape index (κ2) is 9.52. The van der Waals surface area contributed by atoms with Gasteiger partial charge < -0.3 is 4.90 Å². The number of benzene rings is 2. The molecule has 0 saturated carbocycles. The van der Waals surface area contributed by atoms with Gasteiger partial charge in [0.25, 0.3) is 0 Å². The number of nitrogens with zero attached hydrogens (tertiary/aromatic N) is 2. The lowest BCUT2D eigenvalue weighted by molar-refractivity contribution is 0.347. The maximum atomic E-state index is 13.0. The third-order valence-corrected chi connectivity index (χ3v) is 6.63. The normalized spacial score (nSPS) is 11.9. The van der Waals surface area contributed by atoms with Crippen LogP contribution >= 0.6 is 11.6 Å². The molecule has 1 N–H and O–H groups in total. The fraction of sp³-hybridized carbons (Fsp3) is 0.286. The van der Waals surface area contributed by atoms with Crippen LogP contribution in [-0.2, 0) is 16.3 Å². The number of hydrogen-bond donors (Lipinski definition) is 1. The Balaban J connectivity index is 1.45. The van der Waals surface area contributed by atoms with Crippen molar-refractivity contribution in [1.82, 2.24) is 15.1 Å². The Labute approximate surface area is 175 Å². The molecule has 0 atom stereocenters. The molecule has 0 amide bonds. The van der Waals surface area contributed by atoms with Gasteiger partial charge in [0.05, 0.1) is 16.3 Å². The molecule has 0 aliphatic rings. The summed E-state index contributed by atoms with van der Waals surface area (Å²) in [5, 5.41) is 7.79. The predicted octanol–water partition coefficient (Wildman–Crippen LogP) is 4.21. The largest absolute Gasteiger partial charge is 0.305 e. The van der Waals surface area contributed by atoms with E-state index in [2.05, 4.69) is 10.2 Å². The number of nitrogens with one attached hydrogen (secondary N) is 1. The van der Waals surface area contributed by atoms with Gasteiger partial charge in [0.1, 0.15) is 5.82 Å². The zero-order valence-electron chi connectivity index (χ0n) is 16.1. The molecule has 0 aliphatic carbocycles. The molecule has 0 aliphatic heterocycles. The van der Waals surface area contributed by atoms with E-state index >= 15 is 0 Å². The van der Waals surface area contributed by atoms with Gasteiger partial charge in [-0.15, -0.1) is 0 Å². The second-order valence-corrected chi connectivity index (χ2v) is 9.51. The van der Waals surface area contributed by atoms with E-state index in [-0.39, 0.29) is 11.6 Å². The number of aromatic nitrogens is 2. The van der Waals surface area contributed by atoms with E-state index in [4.69, 9.17) is 11.6 Å². The van der Waals surface area contributed by atoms with E-state index in [1.807, 2.05) is 18.0 Å². The number of aromatic amines is 1. The number of halogens is 2. The van der Waals surface area contributed by atoms with Crippen molar-refractivity contribution in [2.75, 3.05) is 25.9 Å². The van der Waals surface area contributed by atoms with E-state index in [0.29, 0.717) is 16.5 Å². The molecule has 3 rings (SSSR count). The monoisotopic (exact) mass is 435 g/mol. The van der Waals surface area contributed by atoms with Crippen LogP contribution in [0, 0.1) is 5.82 Å². The SMILES string of the molecule is CN(CCCc1cc(-c2ccc(F)cc2)n[nH]1)CCS(=O)(=O)c1ccc(Cl)cc1. The number of aryl methyl sites for hydroxylation is 1. The highest BCUT2D eigenvalue weighted by molar-refractivity contribution is 7.91. The summed E-state index contributed by atoms with van der Waals surface area (Å²) in [7, 11) is -1.41. The average Bonchev–Trinajstić information content (AvgIpc) is 3.16. The molecular weight excluding hydrogens is 413 g/mol. The van der Waals surface area contributed by atoms with Gasteiger partial charge >= 0.3 is 0 Å². The Bertz CT molecular complexity index is 1030. The number of rotatable bonds is 9. The molecule has 0 radical (unpaired) electrons. The molecule has 1 aromatic heterocycles. The molecular formula is C21H23ClFN3O2S. The molecule has 8 heteroatoms. The van der Waals surface area contributed by atoms with Crippen LogP contribution in [0.4, 0.5) is 4.39 Å². The summed E-state index contributed by atoms with van der Waals surface area (Å²) in [6, 6.07) is 14.4. The fourth-order valence-electron chi connectivity index (χ4n) is 2.95. The molecule has 0 saturated heterocycles. The van der Waals surface area contributed by atoms with Gasteiger partial charge in [-0.3, -0.25) is 5.10 Å². The van der Waals surface area contributed by atoms with Gasteiger partial charge in [-0.1, -0.05) is 11.6 Å². The highest BCUT2D eigenvalue weighted by Crippen LogP contribution is 2.19. The molecule has 3 aromatic rings. The van der Waals surface area contributed by atoms with Crippen LogP contribution in [0.3, 0.4) is 0 Å². The van der Waals surface area contributed by atoms with Crippen LogP contribution in [0.1, 0.15) is 12.1 Å². The molecule has 0 fully saturated rings. The van der Waals surface area contributed by atoms with Crippen LogP contribution in [-0.4, -0.2) is 49.4 Å². The number of H-pyrrole nitrogens is 1. The van der Waals surface area contributed by atoms with E-state index in [1.54, 1.807) is 24.3 Å². The Kier molecular flexibility index (Phi) is 7.05. The zero-order valence-corrected chi connectivity index (χ0v) is 17.7. The maximum Gasteiger partial charge on any atom is 0.179 e. The second-order valence-electron chi connectivity index (χ2n) is 6.96. The minimum absolute atomic E-state index is 0.0594. The van der Waals surface area contributed by atoms with Crippen LogP contribution in [0.15, 0.2) is 59.5 Å². The third kappa shape index (κ3) is 6.13. The topological polar surface area (TPSA) is 66.1 Å². The Morgan fingerprint density at radius 3 is 2.45 bits per heavy atom. The minimum atomic E-state index is -3.32. The summed E-state index contributed by atoms with van der Waals surface area (Å²) in [5.74, 6) is -0.213. The third-order valence-electron chi connectivity index (χ3n) is 4.67. The van der Waals surface area contributed by atoms with Crippen molar-refractivity contribution in [2.24, 2.45) is 0 Å². The summed E-state index contributed by atoms with van der Waals surface area (Å²) in [6.45, 7) is 1.22. The lowest BCUT2D eigenvalue weighted by atomic mass is 10.1. The van der Waals surface area contributed by atoms with Crippen LogP contribution in [0.25, 0.3) is 11.3 Å². The van der Waals surface area contributed by atoms with Crippen LogP contribution in [0.2, 0.25) is 5.02 Å². The van der Waals surface area contributed by atoms with Gasteiger partial charge in [0, 0.05) is 22.8 Å². The van der Waals surface area contributed by atoms with Crippen molar-refractivity contribution in [3.8, 4) is 11.3 Å². The Hall–Kier alpha value is -2.22. The lowest BCUT2D eigenvalue weighted by Crippen LogP contribution is -2.27. The van der Waals surface area contributed by atoms with Crippen LogP contribution in [0.5, 0.6) is 0 Å². The number of sulfone groups is 1. The number of hydrogen-bond acceptors (Lipinski definition) is 4. The fourth-order valence-corrected chi connectivity index (χ4v) is 4.41. The van der Waals surface area contributed by atoms with Gasteiger partial charge in [-0.2, -0.15) is 5.10 Å². The van der Waals surface area contributed by atoms with Gasteiger partial charge in [-0.25, -0.2) is 12.8 Å². The first-order valence-corrected chi connectivity index (χ1v) is 11.3. The molecule has 5 nitrogen and oxygen atoms in total. The maximum absolute atomic E-state index is 13.0. The first-order chi connectivity index (χ1) is 13.8. The highest BCUT2D eigenvalue weighted by Gasteiger charge is 2.15. The van der Waals surface area contributed by atoms with Crippen molar-refractivity contribution in [1.29, 1.82) is 0 Å².